The van der Waals surface area contributed by atoms with Gasteiger partial charge in [-0.05, 0) is 65.7 Å². The van der Waals surface area contributed by atoms with Gasteiger partial charge in [0.1, 0.15) is 5.75 Å². The van der Waals surface area contributed by atoms with Crippen molar-refractivity contribution in [1.29, 1.82) is 0 Å². The van der Waals surface area contributed by atoms with Crippen molar-refractivity contribution in [2.75, 3.05) is 19.8 Å². The Kier molecular flexibility index (Phi) is 8.06. The van der Waals surface area contributed by atoms with Crippen LogP contribution in [0.2, 0.25) is 5.02 Å². The molecule has 0 saturated heterocycles. The monoisotopic (exact) mass is 441 g/mol. The summed E-state index contributed by atoms with van der Waals surface area (Å²) in [5.41, 5.74) is 0.915. The summed E-state index contributed by atoms with van der Waals surface area (Å²) in [7, 11) is 0. The standard InChI is InChI=1S/C19H21BrClNO4/c1-3-24-17-7-5-13(9-18(17)25-4-2)11-22-19(23)12-26-16-8-6-14(21)10-15(16)20/h5-10H,3-4,11-12H2,1-2H3,(H,22,23). The highest BCUT2D eigenvalue weighted by Gasteiger charge is 2.09. The first-order valence-electron chi connectivity index (χ1n) is 8.26. The van der Waals surface area contributed by atoms with Gasteiger partial charge in [-0.15, -0.1) is 0 Å². The lowest BCUT2D eigenvalue weighted by atomic mass is 10.2. The van der Waals surface area contributed by atoms with Crippen molar-refractivity contribution in [3.8, 4) is 17.2 Å². The first kappa shape index (κ1) is 20.4. The zero-order valence-corrected chi connectivity index (χ0v) is 17.0. The number of carbonyl (C=O) groups excluding carboxylic acids is 1. The van der Waals surface area contributed by atoms with Crippen LogP contribution in [-0.4, -0.2) is 25.7 Å². The van der Waals surface area contributed by atoms with Crippen molar-refractivity contribution in [3.05, 3.63) is 51.5 Å². The van der Waals surface area contributed by atoms with Crippen molar-refractivity contribution >= 4 is 33.4 Å². The van der Waals surface area contributed by atoms with E-state index in [1.807, 2.05) is 32.0 Å². The topological polar surface area (TPSA) is 56.8 Å². The quantitative estimate of drug-likeness (QED) is 0.617. The van der Waals surface area contributed by atoms with Crippen LogP contribution in [0.4, 0.5) is 0 Å². The van der Waals surface area contributed by atoms with E-state index >= 15 is 0 Å². The zero-order valence-electron chi connectivity index (χ0n) is 14.7. The largest absolute Gasteiger partial charge is 0.490 e. The van der Waals surface area contributed by atoms with Gasteiger partial charge in [-0.2, -0.15) is 0 Å². The van der Waals surface area contributed by atoms with E-state index in [9.17, 15) is 4.79 Å². The third kappa shape index (κ3) is 6.11. The average molecular weight is 443 g/mol. The van der Waals surface area contributed by atoms with Gasteiger partial charge in [-0.3, -0.25) is 4.79 Å². The van der Waals surface area contributed by atoms with Gasteiger partial charge in [-0.25, -0.2) is 0 Å². The van der Waals surface area contributed by atoms with E-state index in [1.54, 1.807) is 18.2 Å². The molecule has 0 fully saturated rings. The minimum Gasteiger partial charge on any atom is -0.490 e. The molecule has 0 unspecified atom stereocenters. The maximum absolute atomic E-state index is 12.0. The van der Waals surface area contributed by atoms with Crippen molar-refractivity contribution in [2.45, 2.75) is 20.4 Å². The second-order valence-electron chi connectivity index (χ2n) is 5.29. The Balaban J connectivity index is 1.89. The molecule has 7 heteroatoms. The minimum atomic E-state index is -0.223. The second-order valence-corrected chi connectivity index (χ2v) is 6.58. The van der Waals surface area contributed by atoms with Gasteiger partial charge in [0.05, 0.1) is 17.7 Å². The Morgan fingerprint density at radius 1 is 1.00 bits per heavy atom. The molecule has 26 heavy (non-hydrogen) atoms. The summed E-state index contributed by atoms with van der Waals surface area (Å²) in [6, 6.07) is 10.7. The number of amides is 1. The van der Waals surface area contributed by atoms with Crippen LogP contribution in [0.3, 0.4) is 0 Å². The molecule has 0 saturated carbocycles. The summed E-state index contributed by atoms with van der Waals surface area (Å²) in [6.07, 6.45) is 0. The lowest BCUT2D eigenvalue weighted by molar-refractivity contribution is -0.123. The lowest BCUT2D eigenvalue weighted by Crippen LogP contribution is -2.28. The molecule has 2 rings (SSSR count). The number of halogens is 2. The molecule has 0 aliphatic rings. The minimum absolute atomic E-state index is 0.0877. The van der Waals surface area contributed by atoms with Gasteiger partial charge in [-0.1, -0.05) is 17.7 Å². The summed E-state index contributed by atoms with van der Waals surface area (Å²) in [4.78, 5) is 12.0. The Bertz CT molecular complexity index is 754. The van der Waals surface area contributed by atoms with E-state index in [0.29, 0.717) is 46.5 Å². The fourth-order valence-electron chi connectivity index (χ4n) is 2.19. The number of ether oxygens (including phenoxy) is 3. The van der Waals surface area contributed by atoms with Gasteiger partial charge in [0.2, 0.25) is 0 Å². The highest BCUT2D eigenvalue weighted by Crippen LogP contribution is 2.29. The fraction of sp³-hybridized carbons (Fsp3) is 0.316. The number of hydrogen-bond acceptors (Lipinski definition) is 4. The van der Waals surface area contributed by atoms with E-state index in [1.165, 1.54) is 0 Å². The third-order valence-corrected chi connectivity index (χ3v) is 4.20. The number of hydrogen-bond donors (Lipinski definition) is 1. The Morgan fingerprint density at radius 2 is 1.69 bits per heavy atom. The van der Waals surface area contributed by atoms with E-state index in [0.717, 1.165) is 5.56 Å². The first-order chi connectivity index (χ1) is 12.5. The van der Waals surface area contributed by atoms with Crippen LogP contribution in [-0.2, 0) is 11.3 Å². The molecular formula is C19H21BrClNO4. The van der Waals surface area contributed by atoms with Gasteiger partial charge < -0.3 is 19.5 Å². The first-order valence-corrected chi connectivity index (χ1v) is 9.43. The molecule has 0 aliphatic heterocycles. The van der Waals surface area contributed by atoms with E-state index < -0.39 is 0 Å². The highest BCUT2D eigenvalue weighted by atomic mass is 79.9. The van der Waals surface area contributed by atoms with Crippen molar-refractivity contribution in [2.24, 2.45) is 0 Å². The molecule has 2 aromatic carbocycles. The van der Waals surface area contributed by atoms with Crippen LogP contribution in [0, 0.1) is 0 Å². The summed E-state index contributed by atoms with van der Waals surface area (Å²) in [5.74, 6) is 1.70. The molecule has 2 aromatic rings. The molecule has 5 nitrogen and oxygen atoms in total. The smallest absolute Gasteiger partial charge is 0.258 e. The van der Waals surface area contributed by atoms with Crippen molar-refractivity contribution < 1.29 is 19.0 Å². The molecule has 0 heterocycles. The van der Waals surface area contributed by atoms with E-state index in [4.69, 9.17) is 25.8 Å². The van der Waals surface area contributed by atoms with Crippen LogP contribution in [0.1, 0.15) is 19.4 Å². The molecule has 0 radical (unpaired) electrons. The predicted octanol–water partition coefficient (Wildman–Crippen LogP) is 4.60. The van der Waals surface area contributed by atoms with Crippen LogP contribution < -0.4 is 19.5 Å². The summed E-state index contributed by atoms with van der Waals surface area (Å²) in [6.45, 7) is 5.22. The number of nitrogens with one attached hydrogen (secondary N) is 1. The zero-order chi connectivity index (χ0) is 18.9. The van der Waals surface area contributed by atoms with Crippen LogP contribution in [0.15, 0.2) is 40.9 Å². The molecule has 0 aliphatic carbocycles. The third-order valence-electron chi connectivity index (χ3n) is 3.35. The molecule has 0 bridgehead atoms. The highest BCUT2D eigenvalue weighted by molar-refractivity contribution is 9.10. The molecule has 0 spiro atoms. The van der Waals surface area contributed by atoms with E-state index in [2.05, 4.69) is 21.2 Å². The Labute approximate surface area is 166 Å². The van der Waals surface area contributed by atoms with Gasteiger partial charge in [0, 0.05) is 11.6 Å². The summed E-state index contributed by atoms with van der Waals surface area (Å²) >= 11 is 9.23. The SMILES string of the molecule is CCOc1ccc(CNC(=O)COc2ccc(Cl)cc2Br)cc1OCC. The average Bonchev–Trinajstić information content (AvgIpc) is 2.61. The fourth-order valence-corrected chi connectivity index (χ4v) is 2.99. The predicted molar refractivity (Wildman–Crippen MR) is 105 cm³/mol. The maximum Gasteiger partial charge on any atom is 0.258 e. The normalized spacial score (nSPS) is 10.3. The molecule has 140 valence electrons. The second kappa shape index (κ2) is 10.3. The van der Waals surface area contributed by atoms with Gasteiger partial charge in [0.25, 0.3) is 5.91 Å². The number of rotatable bonds is 9. The lowest BCUT2D eigenvalue weighted by Gasteiger charge is -2.13. The molecule has 0 aromatic heterocycles. The molecule has 1 amide bonds. The van der Waals surface area contributed by atoms with Gasteiger partial charge in [0.15, 0.2) is 18.1 Å². The van der Waals surface area contributed by atoms with Crippen LogP contribution in [0.25, 0.3) is 0 Å². The number of carbonyl (C=O) groups is 1. The van der Waals surface area contributed by atoms with E-state index in [-0.39, 0.29) is 12.5 Å². The van der Waals surface area contributed by atoms with Crippen LogP contribution in [0.5, 0.6) is 17.2 Å². The Morgan fingerprint density at radius 3 is 2.38 bits per heavy atom. The van der Waals surface area contributed by atoms with Gasteiger partial charge >= 0.3 is 0 Å². The van der Waals surface area contributed by atoms with Crippen LogP contribution >= 0.6 is 27.5 Å². The summed E-state index contributed by atoms with van der Waals surface area (Å²) < 4.78 is 17.3. The number of benzene rings is 2. The Hall–Kier alpha value is -1.92. The van der Waals surface area contributed by atoms with Crippen molar-refractivity contribution in [3.63, 3.8) is 0 Å². The van der Waals surface area contributed by atoms with Crippen molar-refractivity contribution in [1.82, 2.24) is 5.32 Å². The molecule has 0 atom stereocenters. The molecule has 1 N–H and O–H groups in total. The maximum atomic E-state index is 12.0. The summed E-state index contributed by atoms with van der Waals surface area (Å²) in [5, 5.41) is 3.41. The molecular weight excluding hydrogens is 422 g/mol.